The summed E-state index contributed by atoms with van der Waals surface area (Å²) in [6.45, 7) is 3.78. The minimum absolute atomic E-state index is 0.606. The van der Waals surface area contributed by atoms with E-state index in [4.69, 9.17) is 5.26 Å². The Labute approximate surface area is 119 Å². The van der Waals surface area contributed by atoms with Crippen molar-refractivity contribution in [2.75, 3.05) is 11.9 Å². The van der Waals surface area contributed by atoms with Crippen molar-refractivity contribution in [3.8, 4) is 6.07 Å². The molecule has 0 saturated carbocycles. The van der Waals surface area contributed by atoms with Gasteiger partial charge in [-0.2, -0.15) is 5.26 Å². The molecule has 0 aliphatic heterocycles. The zero-order valence-corrected chi connectivity index (χ0v) is 11.7. The highest BCUT2D eigenvalue weighted by atomic mass is 15.0. The van der Waals surface area contributed by atoms with Crippen LogP contribution in [0.1, 0.15) is 30.5 Å². The molecule has 2 rings (SSSR count). The van der Waals surface area contributed by atoms with Gasteiger partial charge in [-0.15, -0.1) is 0 Å². The Bertz CT molecular complexity index is 568. The fraction of sp³-hybridized carbons (Fsp3) is 0.400. The molecular weight excluding hydrogens is 250 g/mol. The normalized spacial score (nSPS) is 10.2. The van der Waals surface area contributed by atoms with E-state index in [2.05, 4.69) is 25.9 Å². The van der Waals surface area contributed by atoms with Crippen molar-refractivity contribution in [2.24, 2.45) is 0 Å². The van der Waals surface area contributed by atoms with Gasteiger partial charge in [-0.05, 0) is 38.3 Å². The standard InChI is InChI=1S/C15H19N5/c1-13-5-6-14(11-16)15(19-13)18-7-3-2-4-9-20-10-8-17-12-20/h5-6,8,10,12H,2-4,7,9H2,1H3,(H,18,19). The van der Waals surface area contributed by atoms with Crippen molar-refractivity contribution in [3.63, 3.8) is 0 Å². The van der Waals surface area contributed by atoms with Crippen LogP contribution in [0.3, 0.4) is 0 Å². The lowest BCUT2D eigenvalue weighted by atomic mass is 10.2. The van der Waals surface area contributed by atoms with Crippen LogP contribution >= 0.6 is 0 Å². The fourth-order valence-corrected chi connectivity index (χ4v) is 2.00. The van der Waals surface area contributed by atoms with Gasteiger partial charge in [0.1, 0.15) is 11.9 Å². The second-order valence-electron chi connectivity index (χ2n) is 4.75. The average Bonchev–Trinajstić information content (AvgIpc) is 2.96. The molecule has 1 N–H and O–H groups in total. The predicted octanol–water partition coefficient (Wildman–Crippen LogP) is 2.74. The fourth-order valence-electron chi connectivity index (χ4n) is 2.00. The topological polar surface area (TPSA) is 66.5 Å². The molecule has 20 heavy (non-hydrogen) atoms. The highest BCUT2D eigenvalue weighted by molar-refractivity contribution is 5.52. The summed E-state index contributed by atoms with van der Waals surface area (Å²) in [7, 11) is 0. The van der Waals surface area contributed by atoms with Crippen LogP contribution in [-0.2, 0) is 6.54 Å². The van der Waals surface area contributed by atoms with Crippen molar-refractivity contribution >= 4 is 5.82 Å². The van der Waals surface area contributed by atoms with Crippen molar-refractivity contribution in [1.82, 2.24) is 14.5 Å². The van der Waals surface area contributed by atoms with E-state index in [0.717, 1.165) is 38.0 Å². The lowest BCUT2D eigenvalue weighted by Crippen LogP contribution is -2.06. The smallest absolute Gasteiger partial charge is 0.144 e. The maximum Gasteiger partial charge on any atom is 0.144 e. The third kappa shape index (κ3) is 4.09. The molecule has 0 bridgehead atoms. The second kappa shape index (κ2) is 7.29. The molecule has 0 saturated heterocycles. The highest BCUT2D eigenvalue weighted by Crippen LogP contribution is 2.12. The lowest BCUT2D eigenvalue weighted by molar-refractivity contribution is 0.595. The second-order valence-corrected chi connectivity index (χ2v) is 4.75. The summed E-state index contributed by atoms with van der Waals surface area (Å²) < 4.78 is 2.09. The van der Waals surface area contributed by atoms with Gasteiger partial charge in [0.25, 0.3) is 0 Å². The number of hydrogen-bond donors (Lipinski definition) is 1. The summed E-state index contributed by atoms with van der Waals surface area (Å²) in [5, 5.41) is 12.3. The molecule has 0 aliphatic rings. The van der Waals surface area contributed by atoms with E-state index in [1.54, 1.807) is 6.20 Å². The molecule has 5 heteroatoms. The number of nitrogens with one attached hydrogen (secondary N) is 1. The number of nitrogens with zero attached hydrogens (tertiary/aromatic N) is 4. The number of unbranched alkanes of at least 4 members (excludes halogenated alkanes) is 2. The zero-order chi connectivity index (χ0) is 14.2. The molecule has 0 aliphatic carbocycles. The molecule has 0 atom stereocenters. The van der Waals surface area contributed by atoms with E-state index in [1.165, 1.54) is 0 Å². The Balaban J connectivity index is 1.68. The number of nitriles is 1. The van der Waals surface area contributed by atoms with Crippen molar-refractivity contribution in [1.29, 1.82) is 5.26 Å². The molecule has 0 unspecified atom stereocenters. The van der Waals surface area contributed by atoms with Gasteiger partial charge >= 0.3 is 0 Å². The molecule has 5 nitrogen and oxygen atoms in total. The summed E-state index contributed by atoms with van der Waals surface area (Å²) in [6.07, 6.45) is 8.95. The van der Waals surface area contributed by atoms with Gasteiger partial charge < -0.3 is 9.88 Å². The summed E-state index contributed by atoms with van der Waals surface area (Å²) in [5.41, 5.74) is 1.53. The minimum atomic E-state index is 0.606. The molecule has 0 amide bonds. The minimum Gasteiger partial charge on any atom is -0.369 e. The summed E-state index contributed by atoms with van der Waals surface area (Å²) >= 11 is 0. The van der Waals surface area contributed by atoms with Crippen molar-refractivity contribution < 1.29 is 0 Å². The van der Waals surface area contributed by atoms with E-state index < -0.39 is 0 Å². The van der Waals surface area contributed by atoms with E-state index in [0.29, 0.717) is 11.4 Å². The van der Waals surface area contributed by atoms with Gasteiger partial charge in [0.05, 0.1) is 11.9 Å². The summed E-state index contributed by atoms with van der Waals surface area (Å²) in [5.74, 6) is 0.696. The lowest BCUT2D eigenvalue weighted by Gasteiger charge is -2.08. The van der Waals surface area contributed by atoms with Gasteiger partial charge in [0.15, 0.2) is 0 Å². The Kier molecular flexibility index (Phi) is 5.13. The molecule has 0 fully saturated rings. The van der Waals surface area contributed by atoms with Crippen LogP contribution in [0.25, 0.3) is 0 Å². The number of hydrogen-bond acceptors (Lipinski definition) is 4. The van der Waals surface area contributed by atoms with Crippen LogP contribution in [-0.4, -0.2) is 21.1 Å². The first-order chi connectivity index (χ1) is 9.79. The van der Waals surface area contributed by atoms with Crippen molar-refractivity contribution in [2.45, 2.75) is 32.7 Å². The van der Waals surface area contributed by atoms with E-state index in [-0.39, 0.29) is 0 Å². The highest BCUT2D eigenvalue weighted by Gasteiger charge is 2.02. The number of aromatic nitrogens is 3. The largest absolute Gasteiger partial charge is 0.369 e. The van der Waals surface area contributed by atoms with Gasteiger partial charge in [0, 0.05) is 31.2 Å². The van der Waals surface area contributed by atoms with Crippen LogP contribution in [0.4, 0.5) is 5.82 Å². The van der Waals surface area contributed by atoms with E-state index >= 15 is 0 Å². The number of anilines is 1. The Hall–Kier alpha value is -2.35. The number of pyridine rings is 1. The van der Waals surface area contributed by atoms with Gasteiger partial charge in [-0.25, -0.2) is 9.97 Å². The third-order valence-electron chi connectivity index (χ3n) is 3.10. The SMILES string of the molecule is Cc1ccc(C#N)c(NCCCCCn2ccnc2)n1. The van der Waals surface area contributed by atoms with Crippen LogP contribution in [0.15, 0.2) is 30.9 Å². The van der Waals surface area contributed by atoms with Gasteiger partial charge in [-0.3, -0.25) is 0 Å². The molecule has 2 heterocycles. The molecule has 2 aromatic heterocycles. The van der Waals surface area contributed by atoms with Crippen LogP contribution in [0.5, 0.6) is 0 Å². The van der Waals surface area contributed by atoms with Crippen LogP contribution in [0, 0.1) is 18.3 Å². The first-order valence-electron chi connectivity index (χ1n) is 6.87. The average molecular weight is 269 g/mol. The molecule has 0 spiro atoms. The van der Waals surface area contributed by atoms with Crippen LogP contribution < -0.4 is 5.32 Å². The maximum atomic E-state index is 9.02. The number of rotatable bonds is 7. The zero-order valence-electron chi connectivity index (χ0n) is 11.7. The van der Waals surface area contributed by atoms with Crippen LogP contribution in [0.2, 0.25) is 0 Å². The Morgan fingerprint density at radius 3 is 2.95 bits per heavy atom. The molecular formula is C15H19N5. The summed E-state index contributed by atoms with van der Waals surface area (Å²) in [6, 6.07) is 5.82. The van der Waals surface area contributed by atoms with E-state index in [1.807, 2.05) is 31.6 Å². The number of imidazole rings is 1. The van der Waals surface area contributed by atoms with Gasteiger partial charge in [0.2, 0.25) is 0 Å². The molecule has 104 valence electrons. The Morgan fingerprint density at radius 1 is 1.30 bits per heavy atom. The number of aryl methyl sites for hydroxylation is 2. The first-order valence-corrected chi connectivity index (χ1v) is 6.87. The van der Waals surface area contributed by atoms with Crippen molar-refractivity contribution in [3.05, 3.63) is 42.1 Å². The first kappa shape index (κ1) is 14.1. The van der Waals surface area contributed by atoms with E-state index in [9.17, 15) is 0 Å². The monoisotopic (exact) mass is 269 g/mol. The third-order valence-corrected chi connectivity index (χ3v) is 3.10. The molecule has 2 aromatic rings. The van der Waals surface area contributed by atoms with Gasteiger partial charge in [-0.1, -0.05) is 0 Å². The Morgan fingerprint density at radius 2 is 2.20 bits per heavy atom. The molecule has 0 radical (unpaired) electrons. The quantitative estimate of drug-likeness (QED) is 0.785. The molecule has 0 aromatic carbocycles. The predicted molar refractivity (Wildman–Crippen MR) is 78.3 cm³/mol. The summed E-state index contributed by atoms with van der Waals surface area (Å²) in [4.78, 5) is 8.37. The maximum absolute atomic E-state index is 9.02.